The molecule has 0 aliphatic carbocycles. The predicted molar refractivity (Wildman–Crippen MR) is 87.0 cm³/mol. The molecule has 5 nitrogen and oxygen atoms in total. The molecule has 1 aliphatic heterocycles. The van der Waals surface area contributed by atoms with Crippen LogP contribution >= 0.6 is 23.7 Å². The summed E-state index contributed by atoms with van der Waals surface area (Å²) in [5, 5.41) is 1.34. The lowest BCUT2D eigenvalue weighted by molar-refractivity contribution is 0.0662. The molecule has 1 aromatic rings. The van der Waals surface area contributed by atoms with Crippen LogP contribution in [0.5, 0.6) is 0 Å². The van der Waals surface area contributed by atoms with Gasteiger partial charge in [0.05, 0.1) is 4.90 Å². The summed E-state index contributed by atoms with van der Waals surface area (Å²) in [6.45, 7) is 2.76. The molecule has 1 aliphatic rings. The van der Waals surface area contributed by atoms with Gasteiger partial charge in [-0.2, -0.15) is 8.78 Å². The average molecular weight is 389 g/mol. The molecule has 0 radical (unpaired) electrons. The highest BCUT2D eigenvalue weighted by Crippen LogP contribution is 2.29. The second-order valence-corrected chi connectivity index (χ2v) is 8.23. The number of piperidine rings is 1. The number of amides is 1. The van der Waals surface area contributed by atoms with Crippen molar-refractivity contribution in [2.75, 3.05) is 13.1 Å². The number of carbonyl (C=O) groups is 1. The van der Waals surface area contributed by atoms with Gasteiger partial charge in [-0.15, -0.1) is 23.7 Å². The van der Waals surface area contributed by atoms with Gasteiger partial charge in [0.1, 0.15) is 4.88 Å². The molecule has 2 unspecified atom stereocenters. The first kappa shape index (κ1) is 20.3. The van der Waals surface area contributed by atoms with E-state index in [9.17, 15) is 22.0 Å². The van der Waals surface area contributed by atoms with Crippen molar-refractivity contribution in [3.05, 3.63) is 16.3 Å². The quantitative estimate of drug-likeness (QED) is 0.858. The second kappa shape index (κ2) is 7.87. The number of alkyl halides is 2. The number of thiophene rings is 1. The molecular formula is C13H19ClF2N2O3S2. The zero-order chi connectivity index (χ0) is 16.5. The summed E-state index contributed by atoms with van der Waals surface area (Å²) in [5.74, 6) is -3.92. The van der Waals surface area contributed by atoms with Gasteiger partial charge in [0.15, 0.2) is 0 Å². The van der Waals surface area contributed by atoms with E-state index in [0.29, 0.717) is 13.1 Å². The fourth-order valence-corrected chi connectivity index (χ4v) is 4.67. The SMILES string of the molecule is CC(N)C1CCCN(C(=O)c2sccc2S(=O)(=O)C(F)F)C1.Cl. The molecule has 1 fully saturated rings. The molecule has 1 saturated heterocycles. The van der Waals surface area contributed by atoms with Crippen LogP contribution in [0, 0.1) is 5.92 Å². The van der Waals surface area contributed by atoms with E-state index in [2.05, 4.69) is 0 Å². The molecule has 0 aromatic carbocycles. The Balaban J connectivity index is 0.00000264. The summed E-state index contributed by atoms with van der Waals surface area (Å²) in [7, 11) is -4.77. The van der Waals surface area contributed by atoms with Crippen LogP contribution < -0.4 is 5.73 Å². The first-order valence-electron chi connectivity index (χ1n) is 6.89. The summed E-state index contributed by atoms with van der Waals surface area (Å²) in [6, 6.07) is 0.982. The van der Waals surface area contributed by atoms with E-state index in [1.165, 1.54) is 10.3 Å². The maximum Gasteiger partial charge on any atom is 0.341 e. The number of hydrogen-bond acceptors (Lipinski definition) is 5. The largest absolute Gasteiger partial charge is 0.341 e. The maximum atomic E-state index is 12.7. The van der Waals surface area contributed by atoms with Crippen LogP contribution in [0.2, 0.25) is 0 Å². The molecule has 2 atom stereocenters. The maximum absolute atomic E-state index is 12.7. The first-order valence-corrected chi connectivity index (χ1v) is 9.32. The first-order chi connectivity index (χ1) is 10.2. The van der Waals surface area contributed by atoms with Gasteiger partial charge < -0.3 is 10.6 Å². The van der Waals surface area contributed by atoms with Crippen LogP contribution in [0.4, 0.5) is 8.78 Å². The zero-order valence-corrected chi connectivity index (χ0v) is 14.9. The van der Waals surface area contributed by atoms with E-state index in [1.54, 1.807) is 0 Å². The van der Waals surface area contributed by atoms with Gasteiger partial charge in [0.25, 0.3) is 5.91 Å². The van der Waals surface area contributed by atoms with Crippen LogP contribution in [-0.4, -0.2) is 44.1 Å². The third kappa shape index (κ3) is 4.20. The molecule has 1 amide bonds. The minimum absolute atomic E-state index is 0. The number of hydrogen-bond donors (Lipinski definition) is 1. The molecule has 0 spiro atoms. The Labute approximate surface area is 144 Å². The Hall–Kier alpha value is -0.770. The highest BCUT2D eigenvalue weighted by Gasteiger charge is 2.35. The Bertz CT molecular complexity index is 649. The fraction of sp³-hybridized carbons (Fsp3) is 0.615. The fourth-order valence-electron chi connectivity index (χ4n) is 2.54. The van der Waals surface area contributed by atoms with Gasteiger partial charge in [-0.1, -0.05) is 0 Å². The second-order valence-electron chi connectivity index (χ2n) is 5.43. The van der Waals surface area contributed by atoms with Crippen molar-refractivity contribution in [2.45, 2.75) is 36.5 Å². The predicted octanol–water partition coefficient (Wildman–Crippen LogP) is 2.37. The van der Waals surface area contributed by atoms with Crippen LogP contribution in [0.15, 0.2) is 16.3 Å². The molecule has 0 saturated carbocycles. The van der Waals surface area contributed by atoms with Gasteiger partial charge in [-0.05, 0) is 37.1 Å². The molecule has 132 valence electrons. The third-order valence-electron chi connectivity index (χ3n) is 3.85. The number of carbonyl (C=O) groups excluding carboxylic acids is 1. The number of nitrogens with zero attached hydrogens (tertiary/aromatic N) is 1. The van der Waals surface area contributed by atoms with Gasteiger partial charge in [-0.25, -0.2) is 8.42 Å². The molecule has 10 heteroatoms. The van der Waals surface area contributed by atoms with E-state index in [0.717, 1.165) is 30.2 Å². The lowest BCUT2D eigenvalue weighted by Gasteiger charge is -2.34. The standard InChI is InChI=1S/C13H18F2N2O3S2.ClH/c1-8(16)9-3-2-5-17(7-9)12(18)11-10(4-6-21-11)22(19,20)13(14)15;/h4,6,8-9,13H,2-3,5,7,16H2,1H3;1H. The Kier molecular flexibility index (Phi) is 6.94. The van der Waals surface area contributed by atoms with Crippen molar-refractivity contribution in [2.24, 2.45) is 11.7 Å². The van der Waals surface area contributed by atoms with Crippen molar-refractivity contribution < 1.29 is 22.0 Å². The van der Waals surface area contributed by atoms with Crippen molar-refractivity contribution >= 4 is 39.5 Å². The highest BCUT2D eigenvalue weighted by molar-refractivity contribution is 7.92. The van der Waals surface area contributed by atoms with Crippen molar-refractivity contribution in [1.82, 2.24) is 4.90 Å². The Morgan fingerprint density at radius 1 is 1.48 bits per heavy atom. The summed E-state index contributed by atoms with van der Waals surface area (Å²) in [5.41, 5.74) is 5.86. The zero-order valence-electron chi connectivity index (χ0n) is 12.4. The van der Waals surface area contributed by atoms with Crippen molar-refractivity contribution in [3.63, 3.8) is 0 Å². The smallest absolute Gasteiger partial charge is 0.338 e. The van der Waals surface area contributed by atoms with Gasteiger partial charge in [-0.3, -0.25) is 4.79 Å². The summed E-state index contributed by atoms with van der Waals surface area (Å²) in [4.78, 5) is 13.3. The highest BCUT2D eigenvalue weighted by atomic mass is 35.5. The molecule has 23 heavy (non-hydrogen) atoms. The van der Waals surface area contributed by atoms with Gasteiger partial charge >= 0.3 is 5.76 Å². The van der Waals surface area contributed by atoms with E-state index in [-0.39, 0.29) is 29.2 Å². The van der Waals surface area contributed by atoms with Crippen LogP contribution in [0.3, 0.4) is 0 Å². The lowest BCUT2D eigenvalue weighted by Crippen LogP contribution is -2.45. The van der Waals surface area contributed by atoms with Crippen LogP contribution in [0.25, 0.3) is 0 Å². The number of sulfone groups is 1. The topological polar surface area (TPSA) is 80.5 Å². The third-order valence-corrected chi connectivity index (χ3v) is 6.31. The van der Waals surface area contributed by atoms with Crippen LogP contribution in [-0.2, 0) is 9.84 Å². The average Bonchev–Trinajstić information content (AvgIpc) is 2.96. The Morgan fingerprint density at radius 2 is 2.13 bits per heavy atom. The van der Waals surface area contributed by atoms with E-state index in [4.69, 9.17) is 5.73 Å². The molecule has 0 bridgehead atoms. The normalized spacial score (nSPS) is 20.2. The number of halogens is 3. The summed E-state index contributed by atoms with van der Waals surface area (Å²) < 4.78 is 48.7. The summed E-state index contributed by atoms with van der Waals surface area (Å²) in [6.07, 6.45) is 1.66. The molecular weight excluding hydrogens is 370 g/mol. The van der Waals surface area contributed by atoms with E-state index >= 15 is 0 Å². The number of likely N-dealkylation sites (tertiary alicyclic amines) is 1. The molecule has 1 aromatic heterocycles. The van der Waals surface area contributed by atoms with Crippen molar-refractivity contribution in [3.8, 4) is 0 Å². The number of nitrogens with two attached hydrogens (primary N) is 1. The molecule has 2 heterocycles. The Morgan fingerprint density at radius 3 is 2.70 bits per heavy atom. The van der Waals surface area contributed by atoms with Crippen molar-refractivity contribution in [1.29, 1.82) is 0 Å². The minimum atomic E-state index is -4.77. The molecule has 2 rings (SSSR count). The van der Waals surface area contributed by atoms with Gasteiger partial charge in [0.2, 0.25) is 9.84 Å². The van der Waals surface area contributed by atoms with Gasteiger partial charge in [0, 0.05) is 19.1 Å². The van der Waals surface area contributed by atoms with E-state index in [1.807, 2.05) is 6.92 Å². The minimum Gasteiger partial charge on any atom is -0.338 e. The van der Waals surface area contributed by atoms with Crippen LogP contribution in [0.1, 0.15) is 29.4 Å². The monoisotopic (exact) mass is 388 g/mol. The van der Waals surface area contributed by atoms with E-state index < -0.39 is 26.4 Å². The number of rotatable bonds is 4. The lowest BCUT2D eigenvalue weighted by atomic mass is 9.92. The molecule has 2 N–H and O–H groups in total. The summed E-state index contributed by atoms with van der Waals surface area (Å²) >= 11 is 0.870.